The van der Waals surface area contributed by atoms with Crippen LogP contribution in [0.15, 0.2) is 18.2 Å². The van der Waals surface area contributed by atoms with Gasteiger partial charge in [-0.05, 0) is 32.0 Å². The van der Waals surface area contributed by atoms with Crippen molar-refractivity contribution in [1.29, 1.82) is 0 Å². The Hall–Kier alpha value is -1.82. The monoisotopic (exact) mass is 279 g/mol. The molecule has 0 bridgehead atoms. The van der Waals surface area contributed by atoms with Crippen LogP contribution >= 0.6 is 0 Å². The quantitative estimate of drug-likeness (QED) is 0.640. The Labute approximate surface area is 118 Å². The fourth-order valence-corrected chi connectivity index (χ4v) is 2.48. The molecule has 0 saturated carbocycles. The van der Waals surface area contributed by atoms with E-state index in [0.29, 0.717) is 0 Å². The summed E-state index contributed by atoms with van der Waals surface area (Å²) in [7, 11) is 1.44. The van der Waals surface area contributed by atoms with Crippen LogP contribution in [0.25, 0.3) is 0 Å². The topological polar surface area (TPSA) is 67.6 Å². The fraction of sp³-hybridized carbons (Fsp3) is 0.571. The Morgan fingerprint density at radius 2 is 2.10 bits per heavy atom. The minimum atomic E-state index is -0.434. The second-order valence-corrected chi connectivity index (χ2v) is 4.97. The average molecular weight is 279 g/mol. The lowest BCUT2D eigenvalue weighted by atomic mass is 10.1. The molecule has 0 aliphatic carbocycles. The molecule has 1 aromatic carbocycles. The van der Waals surface area contributed by atoms with Crippen molar-refractivity contribution in [3.63, 3.8) is 0 Å². The summed E-state index contributed by atoms with van der Waals surface area (Å²) in [5.41, 5.74) is 0.846. The lowest BCUT2D eigenvalue weighted by molar-refractivity contribution is -0.385. The van der Waals surface area contributed by atoms with E-state index in [1.807, 2.05) is 0 Å². The van der Waals surface area contributed by atoms with E-state index >= 15 is 0 Å². The summed E-state index contributed by atoms with van der Waals surface area (Å²) >= 11 is 0. The van der Waals surface area contributed by atoms with Gasteiger partial charge in [0.1, 0.15) is 0 Å². The fourth-order valence-electron chi connectivity index (χ4n) is 2.48. The highest BCUT2D eigenvalue weighted by Crippen LogP contribution is 2.29. The zero-order chi connectivity index (χ0) is 14.4. The first-order chi connectivity index (χ1) is 9.70. The van der Waals surface area contributed by atoms with Crippen molar-refractivity contribution in [1.82, 2.24) is 4.90 Å². The maximum absolute atomic E-state index is 10.8. The average Bonchev–Trinajstić information content (AvgIpc) is 2.48. The van der Waals surface area contributed by atoms with Crippen LogP contribution < -0.4 is 10.1 Å². The molecule has 0 amide bonds. The molecule has 0 unspecified atom stereocenters. The molecule has 0 radical (unpaired) electrons. The van der Waals surface area contributed by atoms with Crippen LogP contribution in [0.3, 0.4) is 0 Å². The van der Waals surface area contributed by atoms with Crippen molar-refractivity contribution in [3.05, 3.63) is 28.3 Å². The third-order valence-electron chi connectivity index (χ3n) is 3.58. The third-order valence-corrected chi connectivity index (χ3v) is 3.58. The maximum Gasteiger partial charge on any atom is 0.311 e. The zero-order valence-corrected chi connectivity index (χ0v) is 11.8. The van der Waals surface area contributed by atoms with Crippen molar-refractivity contribution in [2.24, 2.45) is 0 Å². The molecule has 110 valence electrons. The molecule has 0 aromatic heterocycles. The molecule has 2 rings (SSSR count). The van der Waals surface area contributed by atoms with Gasteiger partial charge < -0.3 is 15.0 Å². The van der Waals surface area contributed by atoms with E-state index in [-0.39, 0.29) is 11.4 Å². The lowest BCUT2D eigenvalue weighted by Crippen LogP contribution is -2.33. The van der Waals surface area contributed by atoms with Gasteiger partial charge in [-0.1, -0.05) is 6.42 Å². The van der Waals surface area contributed by atoms with Crippen LogP contribution in [-0.4, -0.2) is 43.1 Å². The number of nitrogens with zero attached hydrogens (tertiary/aromatic N) is 2. The van der Waals surface area contributed by atoms with Gasteiger partial charge in [0.15, 0.2) is 5.75 Å². The summed E-state index contributed by atoms with van der Waals surface area (Å²) in [4.78, 5) is 12.8. The van der Waals surface area contributed by atoms with Gasteiger partial charge in [-0.15, -0.1) is 0 Å². The summed E-state index contributed by atoms with van der Waals surface area (Å²) in [5, 5.41) is 14.1. The number of nitrogens with one attached hydrogen (secondary N) is 1. The molecule has 1 aliphatic heterocycles. The highest BCUT2D eigenvalue weighted by atomic mass is 16.6. The lowest BCUT2D eigenvalue weighted by Gasteiger charge is -2.26. The highest BCUT2D eigenvalue weighted by Gasteiger charge is 2.14. The summed E-state index contributed by atoms with van der Waals surface area (Å²) in [6.07, 6.45) is 3.90. The SMILES string of the molecule is COc1cc(NCCN2CCCCC2)ccc1[N+](=O)[O-]. The molecule has 0 spiro atoms. The van der Waals surface area contributed by atoms with E-state index in [0.717, 1.165) is 18.8 Å². The molecule has 1 aromatic rings. The number of ether oxygens (including phenoxy) is 1. The number of hydrogen-bond acceptors (Lipinski definition) is 5. The molecule has 1 saturated heterocycles. The van der Waals surface area contributed by atoms with Crippen molar-refractivity contribution in [2.75, 3.05) is 38.6 Å². The molecule has 20 heavy (non-hydrogen) atoms. The first-order valence-corrected chi connectivity index (χ1v) is 6.99. The Balaban J connectivity index is 1.87. The van der Waals surface area contributed by atoms with Crippen molar-refractivity contribution in [2.45, 2.75) is 19.3 Å². The van der Waals surface area contributed by atoms with Gasteiger partial charge in [0.05, 0.1) is 12.0 Å². The molecule has 1 aliphatic rings. The number of hydrogen-bond donors (Lipinski definition) is 1. The van der Waals surface area contributed by atoms with Crippen LogP contribution in [-0.2, 0) is 0 Å². The normalized spacial score (nSPS) is 15.8. The summed E-state index contributed by atoms with van der Waals surface area (Å²) < 4.78 is 5.05. The van der Waals surface area contributed by atoms with Gasteiger partial charge >= 0.3 is 5.69 Å². The minimum absolute atomic E-state index is 0.00548. The van der Waals surface area contributed by atoms with Crippen LogP contribution in [0.5, 0.6) is 5.75 Å². The molecule has 6 heteroatoms. The van der Waals surface area contributed by atoms with E-state index in [1.54, 1.807) is 12.1 Å². The number of nitro benzene ring substituents is 1. The van der Waals surface area contributed by atoms with Gasteiger partial charge in [0.2, 0.25) is 0 Å². The predicted octanol–water partition coefficient (Wildman–Crippen LogP) is 2.50. The smallest absolute Gasteiger partial charge is 0.311 e. The van der Waals surface area contributed by atoms with Crippen LogP contribution in [0.1, 0.15) is 19.3 Å². The van der Waals surface area contributed by atoms with Crippen LogP contribution in [0.4, 0.5) is 11.4 Å². The summed E-state index contributed by atoms with van der Waals surface area (Å²) in [6, 6.07) is 4.87. The standard InChI is InChI=1S/C14H21N3O3/c1-20-14-11-12(5-6-13(14)17(18)19)15-7-10-16-8-3-2-4-9-16/h5-6,11,15H,2-4,7-10H2,1H3. The van der Waals surface area contributed by atoms with Crippen LogP contribution in [0.2, 0.25) is 0 Å². The Morgan fingerprint density at radius 1 is 1.35 bits per heavy atom. The first-order valence-electron chi connectivity index (χ1n) is 6.99. The summed E-state index contributed by atoms with van der Waals surface area (Å²) in [6.45, 7) is 4.18. The van der Waals surface area contributed by atoms with Gasteiger partial charge in [-0.2, -0.15) is 0 Å². The van der Waals surface area contributed by atoms with E-state index < -0.39 is 4.92 Å². The highest BCUT2D eigenvalue weighted by molar-refractivity contribution is 5.57. The first kappa shape index (κ1) is 14.6. The number of anilines is 1. The van der Waals surface area contributed by atoms with Crippen LogP contribution in [0, 0.1) is 10.1 Å². The van der Waals surface area contributed by atoms with Gasteiger partial charge in [0.25, 0.3) is 0 Å². The van der Waals surface area contributed by atoms with E-state index in [9.17, 15) is 10.1 Å². The Bertz CT molecular complexity index is 459. The second kappa shape index (κ2) is 7.09. The number of likely N-dealkylation sites (tertiary alicyclic amines) is 1. The predicted molar refractivity (Wildman–Crippen MR) is 78.4 cm³/mol. The molecule has 1 N–H and O–H groups in total. The van der Waals surface area contributed by atoms with Crippen molar-refractivity contribution < 1.29 is 9.66 Å². The van der Waals surface area contributed by atoms with Gasteiger partial charge in [-0.25, -0.2) is 0 Å². The van der Waals surface area contributed by atoms with E-state index in [4.69, 9.17) is 4.74 Å². The van der Waals surface area contributed by atoms with Gasteiger partial charge in [0, 0.05) is 30.9 Å². The van der Waals surface area contributed by atoms with Crippen molar-refractivity contribution >= 4 is 11.4 Å². The molecule has 1 fully saturated rings. The second-order valence-electron chi connectivity index (χ2n) is 4.97. The maximum atomic E-state index is 10.8. The van der Waals surface area contributed by atoms with Gasteiger partial charge in [-0.3, -0.25) is 10.1 Å². The molecule has 6 nitrogen and oxygen atoms in total. The molecule has 0 atom stereocenters. The number of methoxy groups -OCH3 is 1. The van der Waals surface area contributed by atoms with E-state index in [1.165, 1.54) is 45.5 Å². The third kappa shape index (κ3) is 3.84. The number of rotatable bonds is 6. The van der Waals surface area contributed by atoms with Crippen molar-refractivity contribution in [3.8, 4) is 5.75 Å². The number of piperidine rings is 1. The van der Waals surface area contributed by atoms with E-state index in [2.05, 4.69) is 10.2 Å². The zero-order valence-electron chi connectivity index (χ0n) is 11.8. The molecular formula is C14H21N3O3. The molecular weight excluding hydrogens is 258 g/mol. The largest absolute Gasteiger partial charge is 0.490 e. The number of benzene rings is 1. The Morgan fingerprint density at radius 3 is 2.75 bits per heavy atom. The Kier molecular flexibility index (Phi) is 5.17. The summed E-state index contributed by atoms with van der Waals surface area (Å²) in [5.74, 6) is 0.290. The minimum Gasteiger partial charge on any atom is -0.490 e. The number of nitro groups is 1. The molecule has 1 heterocycles.